The average molecular weight is 259 g/mol. The van der Waals surface area contributed by atoms with E-state index in [0.717, 1.165) is 36.1 Å². The van der Waals surface area contributed by atoms with Crippen LogP contribution in [0.4, 0.5) is 5.69 Å². The Balaban J connectivity index is 2.60. The van der Waals surface area contributed by atoms with Gasteiger partial charge in [0.15, 0.2) is 0 Å². The molecule has 0 aliphatic rings. The van der Waals surface area contributed by atoms with Gasteiger partial charge >= 0.3 is 0 Å². The third-order valence-electron chi connectivity index (χ3n) is 2.82. The first kappa shape index (κ1) is 15.3. The predicted molar refractivity (Wildman–Crippen MR) is 77.9 cm³/mol. The fourth-order valence-electron chi connectivity index (χ4n) is 1.78. The molecule has 1 amide bonds. The van der Waals surface area contributed by atoms with Gasteiger partial charge < -0.3 is 10.4 Å². The number of rotatable bonds is 5. The van der Waals surface area contributed by atoms with Gasteiger partial charge in [-0.25, -0.2) is 0 Å². The van der Waals surface area contributed by atoms with Crippen molar-refractivity contribution in [1.29, 1.82) is 0 Å². The van der Waals surface area contributed by atoms with E-state index in [0.29, 0.717) is 6.42 Å². The van der Waals surface area contributed by atoms with E-state index in [4.69, 9.17) is 5.11 Å². The lowest BCUT2D eigenvalue weighted by molar-refractivity contribution is -0.116. The van der Waals surface area contributed by atoms with Gasteiger partial charge in [-0.15, -0.1) is 0 Å². The van der Waals surface area contributed by atoms with Gasteiger partial charge in [0.2, 0.25) is 5.91 Å². The minimum Gasteiger partial charge on any atom is -0.384 e. The number of amides is 1. The number of aliphatic hydroxyl groups is 1. The maximum Gasteiger partial charge on any atom is 0.224 e. The third-order valence-corrected chi connectivity index (χ3v) is 2.82. The average Bonchev–Trinajstić information content (AvgIpc) is 2.38. The number of hydrogen-bond donors (Lipinski definition) is 2. The van der Waals surface area contributed by atoms with Crippen LogP contribution in [0.5, 0.6) is 0 Å². The first-order valence-corrected chi connectivity index (χ1v) is 6.67. The Labute approximate surface area is 115 Å². The lowest BCUT2D eigenvalue weighted by Crippen LogP contribution is -2.11. The van der Waals surface area contributed by atoms with E-state index < -0.39 is 0 Å². The molecule has 0 aliphatic carbocycles. The molecule has 1 aromatic carbocycles. The molecule has 3 heteroatoms. The van der Waals surface area contributed by atoms with Gasteiger partial charge in [0.1, 0.15) is 6.61 Å². The van der Waals surface area contributed by atoms with E-state index in [1.165, 1.54) is 0 Å². The highest BCUT2D eigenvalue weighted by Crippen LogP contribution is 2.15. The quantitative estimate of drug-likeness (QED) is 0.631. The van der Waals surface area contributed by atoms with Crippen LogP contribution < -0.4 is 5.32 Å². The number of aryl methyl sites for hydroxylation is 1. The Morgan fingerprint density at radius 1 is 1.37 bits per heavy atom. The molecule has 2 N–H and O–H groups in total. The molecule has 1 aromatic rings. The van der Waals surface area contributed by atoms with Crippen molar-refractivity contribution in [2.45, 2.75) is 39.5 Å². The topological polar surface area (TPSA) is 49.3 Å². The van der Waals surface area contributed by atoms with Crippen molar-refractivity contribution >= 4 is 11.6 Å². The molecule has 0 aliphatic heterocycles. The molecule has 0 atom stereocenters. The van der Waals surface area contributed by atoms with Crippen LogP contribution in [0.1, 0.15) is 43.7 Å². The van der Waals surface area contributed by atoms with Gasteiger partial charge in [-0.1, -0.05) is 31.6 Å². The number of anilines is 1. The molecule has 0 spiro atoms. The second kappa shape index (κ2) is 8.34. The van der Waals surface area contributed by atoms with Crippen LogP contribution in [0.3, 0.4) is 0 Å². The van der Waals surface area contributed by atoms with Crippen molar-refractivity contribution in [2.75, 3.05) is 11.9 Å². The first-order valence-electron chi connectivity index (χ1n) is 6.67. The highest BCUT2D eigenvalue weighted by molar-refractivity contribution is 5.90. The molecule has 19 heavy (non-hydrogen) atoms. The number of carbonyl (C=O) groups is 1. The van der Waals surface area contributed by atoms with Crippen LogP contribution >= 0.6 is 0 Å². The van der Waals surface area contributed by atoms with E-state index in [-0.39, 0.29) is 12.5 Å². The molecule has 0 radical (unpaired) electrons. The maximum absolute atomic E-state index is 11.7. The van der Waals surface area contributed by atoms with E-state index in [1.807, 2.05) is 25.1 Å². The van der Waals surface area contributed by atoms with Gasteiger partial charge in [0, 0.05) is 17.7 Å². The Kier molecular flexibility index (Phi) is 6.70. The monoisotopic (exact) mass is 259 g/mol. The normalized spacial score (nSPS) is 9.63. The predicted octanol–water partition coefficient (Wildman–Crippen LogP) is 2.86. The Morgan fingerprint density at radius 3 is 2.79 bits per heavy atom. The van der Waals surface area contributed by atoms with Gasteiger partial charge in [-0.2, -0.15) is 0 Å². The zero-order valence-electron chi connectivity index (χ0n) is 11.6. The molecule has 0 saturated heterocycles. The van der Waals surface area contributed by atoms with Crippen LogP contribution in [0.15, 0.2) is 18.2 Å². The Morgan fingerprint density at radius 2 is 2.16 bits per heavy atom. The highest BCUT2D eigenvalue weighted by atomic mass is 16.2. The fraction of sp³-hybridized carbons (Fsp3) is 0.438. The van der Waals surface area contributed by atoms with E-state index in [2.05, 4.69) is 24.1 Å². The van der Waals surface area contributed by atoms with Crippen molar-refractivity contribution < 1.29 is 9.90 Å². The van der Waals surface area contributed by atoms with E-state index in [1.54, 1.807) is 0 Å². The van der Waals surface area contributed by atoms with Crippen molar-refractivity contribution in [3.05, 3.63) is 29.3 Å². The summed E-state index contributed by atoms with van der Waals surface area (Å²) in [6.45, 7) is 3.91. The molecule has 0 aromatic heterocycles. The number of unbranched alkanes of at least 4 members (excludes halogenated alkanes) is 2. The van der Waals surface area contributed by atoms with E-state index >= 15 is 0 Å². The molecule has 0 fully saturated rings. The smallest absolute Gasteiger partial charge is 0.224 e. The van der Waals surface area contributed by atoms with Crippen molar-refractivity contribution in [2.24, 2.45) is 0 Å². The van der Waals surface area contributed by atoms with Crippen LogP contribution in [0, 0.1) is 18.8 Å². The first-order chi connectivity index (χ1) is 9.17. The second-order valence-corrected chi connectivity index (χ2v) is 4.49. The summed E-state index contributed by atoms with van der Waals surface area (Å²) in [6, 6.07) is 5.60. The van der Waals surface area contributed by atoms with Crippen LogP contribution in [-0.4, -0.2) is 17.6 Å². The summed E-state index contributed by atoms with van der Waals surface area (Å²) in [5.41, 5.74) is 2.67. The molecule has 0 saturated carbocycles. The zero-order chi connectivity index (χ0) is 14.1. The van der Waals surface area contributed by atoms with Crippen molar-refractivity contribution in [3.8, 4) is 11.8 Å². The zero-order valence-corrected chi connectivity index (χ0v) is 11.6. The summed E-state index contributed by atoms with van der Waals surface area (Å²) in [6.07, 6.45) is 3.70. The molecule has 102 valence electrons. The summed E-state index contributed by atoms with van der Waals surface area (Å²) >= 11 is 0. The number of nitrogens with one attached hydrogen (secondary N) is 1. The summed E-state index contributed by atoms with van der Waals surface area (Å²) in [4.78, 5) is 11.7. The number of hydrogen-bond acceptors (Lipinski definition) is 2. The van der Waals surface area contributed by atoms with E-state index in [9.17, 15) is 4.79 Å². The SMILES string of the molecule is CCCCCC(=O)Nc1ccc(C#CCO)c(C)c1. The number of benzene rings is 1. The van der Waals surface area contributed by atoms with Crippen molar-refractivity contribution in [3.63, 3.8) is 0 Å². The molecule has 0 bridgehead atoms. The minimum absolute atomic E-state index is 0.0574. The molecule has 3 nitrogen and oxygen atoms in total. The number of carbonyl (C=O) groups excluding carboxylic acids is 1. The molecular weight excluding hydrogens is 238 g/mol. The van der Waals surface area contributed by atoms with Gasteiger partial charge in [-0.05, 0) is 37.1 Å². The summed E-state index contributed by atoms with van der Waals surface area (Å²) < 4.78 is 0. The fourth-order valence-corrected chi connectivity index (χ4v) is 1.78. The lowest BCUT2D eigenvalue weighted by Gasteiger charge is -2.07. The Bertz CT molecular complexity index is 483. The summed E-state index contributed by atoms with van der Waals surface area (Å²) in [5, 5.41) is 11.6. The minimum atomic E-state index is -0.143. The van der Waals surface area contributed by atoms with Crippen molar-refractivity contribution in [1.82, 2.24) is 0 Å². The molecular formula is C16H21NO2. The van der Waals surface area contributed by atoms with Crippen LogP contribution in [0.25, 0.3) is 0 Å². The summed E-state index contributed by atoms with van der Waals surface area (Å²) in [7, 11) is 0. The lowest BCUT2D eigenvalue weighted by atomic mass is 10.1. The standard InChI is InChI=1S/C16H21NO2/c1-3-4-5-8-16(19)17-15-10-9-14(7-6-11-18)13(2)12-15/h9-10,12,18H,3-5,8,11H2,1-2H3,(H,17,19). The van der Waals surface area contributed by atoms with Gasteiger partial charge in [0.05, 0.1) is 0 Å². The van der Waals surface area contributed by atoms with Crippen LogP contribution in [-0.2, 0) is 4.79 Å². The number of aliphatic hydroxyl groups excluding tert-OH is 1. The van der Waals surface area contributed by atoms with Crippen LogP contribution in [0.2, 0.25) is 0 Å². The maximum atomic E-state index is 11.7. The highest BCUT2D eigenvalue weighted by Gasteiger charge is 2.03. The van der Waals surface area contributed by atoms with Gasteiger partial charge in [0.25, 0.3) is 0 Å². The largest absolute Gasteiger partial charge is 0.384 e. The molecule has 0 heterocycles. The molecule has 0 unspecified atom stereocenters. The Hall–Kier alpha value is -1.79. The molecule has 1 rings (SSSR count). The second-order valence-electron chi connectivity index (χ2n) is 4.49. The third kappa shape index (κ3) is 5.58. The summed E-state index contributed by atoms with van der Waals surface area (Å²) in [5.74, 6) is 5.55. The van der Waals surface area contributed by atoms with Gasteiger partial charge in [-0.3, -0.25) is 4.79 Å².